The van der Waals surface area contributed by atoms with Gasteiger partial charge in [0, 0.05) is 6.04 Å². The van der Waals surface area contributed by atoms with Crippen LogP contribution in [0.4, 0.5) is 8.78 Å². The van der Waals surface area contributed by atoms with Crippen molar-refractivity contribution in [2.24, 2.45) is 0 Å². The van der Waals surface area contributed by atoms with Crippen molar-refractivity contribution in [3.63, 3.8) is 0 Å². The lowest BCUT2D eigenvalue weighted by Gasteiger charge is -2.15. The van der Waals surface area contributed by atoms with Crippen molar-refractivity contribution in [3.05, 3.63) is 35.4 Å². The smallest absolute Gasteiger partial charge is 0.162 e. The van der Waals surface area contributed by atoms with Gasteiger partial charge in [0.15, 0.2) is 11.6 Å². The summed E-state index contributed by atoms with van der Waals surface area (Å²) in [6.07, 6.45) is 3.57. The van der Waals surface area contributed by atoms with Crippen LogP contribution in [0.5, 0.6) is 0 Å². The Morgan fingerprint density at radius 3 is 2.62 bits per heavy atom. The van der Waals surface area contributed by atoms with Crippen LogP contribution in [0.25, 0.3) is 0 Å². The van der Waals surface area contributed by atoms with Gasteiger partial charge >= 0.3 is 0 Å². The van der Waals surface area contributed by atoms with Crippen molar-refractivity contribution >= 4 is 0 Å². The first kappa shape index (κ1) is 13.1. The first-order valence-corrected chi connectivity index (χ1v) is 5.79. The highest BCUT2D eigenvalue weighted by Gasteiger charge is 2.10. The van der Waals surface area contributed by atoms with Gasteiger partial charge in [-0.2, -0.15) is 0 Å². The molecule has 0 saturated carbocycles. The lowest BCUT2D eigenvalue weighted by Crippen LogP contribution is -2.25. The van der Waals surface area contributed by atoms with Crippen LogP contribution in [-0.4, -0.2) is 13.1 Å². The Morgan fingerprint density at radius 1 is 1.25 bits per heavy atom. The van der Waals surface area contributed by atoms with Crippen molar-refractivity contribution in [1.29, 1.82) is 0 Å². The zero-order chi connectivity index (χ0) is 12.0. The fourth-order valence-corrected chi connectivity index (χ4v) is 1.85. The van der Waals surface area contributed by atoms with Crippen LogP contribution in [0.2, 0.25) is 0 Å². The van der Waals surface area contributed by atoms with E-state index in [2.05, 4.69) is 12.2 Å². The molecule has 0 amide bonds. The van der Waals surface area contributed by atoms with E-state index in [0.29, 0.717) is 18.0 Å². The number of benzene rings is 1. The maximum Gasteiger partial charge on any atom is 0.162 e. The Bertz CT molecular complexity index is 326. The second kappa shape index (κ2) is 6.59. The summed E-state index contributed by atoms with van der Waals surface area (Å²) >= 11 is 0. The minimum Gasteiger partial charge on any atom is -0.317 e. The molecule has 0 heterocycles. The van der Waals surface area contributed by atoms with Gasteiger partial charge in [0.25, 0.3) is 0 Å². The molecule has 1 aromatic carbocycles. The van der Waals surface area contributed by atoms with Gasteiger partial charge in [0.1, 0.15) is 0 Å². The van der Waals surface area contributed by atoms with Gasteiger partial charge in [-0.1, -0.05) is 25.5 Å². The van der Waals surface area contributed by atoms with Crippen molar-refractivity contribution in [3.8, 4) is 0 Å². The van der Waals surface area contributed by atoms with Crippen LogP contribution in [0.1, 0.15) is 31.7 Å². The third kappa shape index (κ3) is 3.56. The summed E-state index contributed by atoms with van der Waals surface area (Å²) in [5.74, 6) is -1.46. The molecular formula is C13H19F2N. The summed E-state index contributed by atoms with van der Waals surface area (Å²) in [6, 6.07) is 4.74. The number of hydrogen-bond acceptors (Lipinski definition) is 1. The van der Waals surface area contributed by atoms with E-state index < -0.39 is 11.6 Å². The molecule has 0 aliphatic carbocycles. The average molecular weight is 227 g/mol. The predicted molar refractivity (Wildman–Crippen MR) is 62.4 cm³/mol. The first-order chi connectivity index (χ1) is 7.69. The molecule has 0 spiro atoms. The summed E-state index contributed by atoms with van der Waals surface area (Å²) in [5.41, 5.74) is 0.469. The molecule has 90 valence electrons. The van der Waals surface area contributed by atoms with Crippen LogP contribution in [-0.2, 0) is 6.42 Å². The Hall–Kier alpha value is -0.960. The summed E-state index contributed by atoms with van der Waals surface area (Å²) in [5, 5.41) is 3.19. The van der Waals surface area contributed by atoms with E-state index in [1.807, 2.05) is 7.05 Å². The lowest BCUT2D eigenvalue weighted by atomic mass is 10.0. The number of nitrogens with one attached hydrogen (secondary N) is 1. The second-order valence-corrected chi connectivity index (χ2v) is 4.03. The minimum absolute atomic E-state index is 0.382. The molecule has 1 nitrogen and oxygen atoms in total. The maximum absolute atomic E-state index is 13.3. The Labute approximate surface area is 95.9 Å². The molecule has 1 atom stereocenters. The van der Waals surface area contributed by atoms with E-state index in [4.69, 9.17) is 0 Å². The highest BCUT2D eigenvalue weighted by molar-refractivity contribution is 5.19. The molecule has 0 bridgehead atoms. The Kier molecular flexibility index (Phi) is 5.39. The van der Waals surface area contributed by atoms with Crippen LogP contribution < -0.4 is 5.32 Å². The predicted octanol–water partition coefficient (Wildman–Crippen LogP) is 3.29. The van der Waals surface area contributed by atoms with E-state index in [1.165, 1.54) is 0 Å². The zero-order valence-corrected chi connectivity index (χ0v) is 9.89. The molecule has 1 rings (SSSR count). The van der Waals surface area contributed by atoms with Gasteiger partial charge < -0.3 is 5.32 Å². The molecule has 0 radical (unpaired) electrons. The zero-order valence-electron chi connectivity index (χ0n) is 9.89. The van der Waals surface area contributed by atoms with E-state index in [1.54, 1.807) is 12.1 Å². The monoisotopic (exact) mass is 227 g/mol. The quantitative estimate of drug-likeness (QED) is 0.786. The Morgan fingerprint density at radius 2 is 2.00 bits per heavy atom. The average Bonchev–Trinajstić information content (AvgIpc) is 2.29. The normalized spacial score (nSPS) is 12.8. The first-order valence-electron chi connectivity index (χ1n) is 5.79. The van der Waals surface area contributed by atoms with E-state index >= 15 is 0 Å². The van der Waals surface area contributed by atoms with Crippen LogP contribution >= 0.6 is 0 Å². The number of halogens is 2. The van der Waals surface area contributed by atoms with Gasteiger partial charge in [-0.3, -0.25) is 0 Å². The number of rotatable bonds is 6. The van der Waals surface area contributed by atoms with Gasteiger partial charge in [-0.15, -0.1) is 0 Å². The minimum atomic E-state index is -0.756. The highest BCUT2D eigenvalue weighted by atomic mass is 19.2. The van der Waals surface area contributed by atoms with Crippen molar-refractivity contribution in [2.45, 2.75) is 38.6 Å². The molecule has 1 aromatic rings. The highest BCUT2D eigenvalue weighted by Crippen LogP contribution is 2.15. The SMILES string of the molecule is CCCC(CCc1cccc(F)c1F)NC. The molecular weight excluding hydrogens is 208 g/mol. The van der Waals surface area contributed by atoms with Crippen LogP contribution in [0.15, 0.2) is 18.2 Å². The summed E-state index contributed by atoms with van der Waals surface area (Å²) in [6.45, 7) is 2.12. The molecule has 16 heavy (non-hydrogen) atoms. The van der Waals surface area contributed by atoms with E-state index in [-0.39, 0.29) is 0 Å². The molecule has 0 aliphatic heterocycles. The molecule has 3 heteroatoms. The molecule has 0 aromatic heterocycles. The molecule has 0 fully saturated rings. The number of aryl methyl sites for hydroxylation is 1. The van der Waals surface area contributed by atoms with Gasteiger partial charge in [0.2, 0.25) is 0 Å². The fourth-order valence-electron chi connectivity index (χ4n) is 1.85. The van der Waals surface area contributed by atoms with Crippen LogP contribution in [0.3, 0.4) is 0 Å². The van der Waals surface area contributed by atoms with Gasteiger partial charge in [-0.05, 0) is 37.9 Å². The third-order valence-electron chi connectivity index (χ3n) is 2.84. The van der Waals surface area contributed by atoms with Crippen molar-refractivity contribution in [1.82, 2.24) is 5.32 Å². The van der Waals surface area contributed by atoms with E-state index in [0.717, 1.165) is 25.3 Å². The number of hydrogen-bond donors (Lipinski definition) is 1. The summed E-state index contributed by atoms with van der Waals surface area (Å²) in [4.78, 5) is 0. The standard InChI is InChI=1S/C13H19F2N/c1-3-5-11(16-2)9-8-10-6-4-7-12(14)13(10)15/h4,6-7,11,16H,3,5,8-9H2,1-2H3. The Balaban J connectivity index is 2.56. The molecule has 0 saturated heterocycles. The molecule has 1 unspecified atom stereocenters. The maximum atomic E-state index is 13.3. The molecule has 1 N–H and O–H groups in total. The largest absolute Gasteiger partial charge is 0.317 e. The summed E-state index contributed by atoms with van der Waals surface area (Å²) in [7, 11) is 1.91. The topological polar surface area (TPSA) is 12.0 Å². The third-order valence-corrected chi connectivity index (χ3v) is 2.84. The lowest BCUT2D eigenvalue weighted by molar-refractivity contribution is 0.465. The fraction of sp³-hybridized carbons (Fsp3) is 0.538. The van der Waals surface area contributed by atoms with Gasteiger partial charge in [0.05, 0.1) is 0 Å². The second-order valence-electron chi connectivity index (χ2n) is 4.03. The molecule has 0 aliphatic rings. The van der Waals surface area contributed by atoms with Crippen LogP contribution in [0, 0.1) is 11.6 Å². The van der Waals surface area contributed by atoms with Crippen molar-refractivity contribution in [2.75, 3.05) is 7.05 Å². The summed E-state index contributed by atoms with van der Waals surface area (Å²) < 4.78 is 26.3. The van der Waals surface area contributed by atoms with Gasteiger partial charge in [-0.25, -0.2) is 8.78 Å². The van der Waals surface area contributed by atoms with E-state index in [9.17, 15) is 8.78 Å². The van der Waals surface area contributed by atoms with Crippen molar-refractivity contribution < 1.29 is 8.78 Å².